The fourth-order valence-corrected chi connectivity index (χ4v) is 2.03. The van der Waals surface area contributed by atoms with E-state index in [2.05, 4.69) is 0 Å². The molecule has 0 N–H and O–H groups in total. The van der Waals surface area contributed by atoms with Crippen molar-refractivity contribution in [2.75, 3.05) is 6.54 Å². The van der Waals surface area contributed by atoms with Gasteiger partial charge in [0.25, 0.3) is 11.8 Å². The van der Waals surface area contributed by atoms with Crippen molar-refractivity contribution in [3.8, 4) is 0 Å². The van der Waals surface area contributed by atoms with Crippen molar-refractivity contribution in [2.45, 2.75) is 25.6 Å². The second-order valence-electron chi connectivity index (χ2n) is 4.16. The van der Waals surface area contributed by atoms with Crippen LogP contribution >= 0.6 is 0 Å². The van der Waals surface area contributed by atoms with Crippen LogP contribution in [-0.2, 0) is 0 Å². The highest BCUT2D eigenvalue weighted by atomic mass is 16.2. The largest absolute Gasteiger partial charge is 0.274 e. The van der Waals surface area contributed by atoms with E-state index < -0.39 is 0 Å². The number of rotatable bonds is 5. The van der Waals surface area contributed by atoms with E-state index in [0.717, 1.165) is 19.3 Å². The Kier molecular flexibility index (Phi) is 3.62. The first-order valence-electron chi connectivity index (χ1n) is 5.91. The first kappa shape index (κ1) is 11.9. The van der Waals surface area contributed by atoms with Crippen LogP contribution < -0.4 is 0 Å². The highest BCUT2D eigenvalue weighted by Crippen LogP contribution is 2.22. The zero-order valence-corrected chi connectivity index (χ0v) is 9.69. The van der Waals surface area contributed by atoms with Crippen molar-refractivity contribution in [1.82, 2.24) is 4.90 Å². The molecule has 1 aromatic rings. The van der Waals surface area contributed by atoms with Crippen LogP contribution in [0.25, 0.3) is 0 Å². The number of unbranched alkanes of at least 4 members (excludes halogenated alkanes) is 2. The lowest BCUT2D eigenvalue weighted by Crippen LogP contribution is -2.30. The van der Waals surface area contributed by atoms with Crippen LogP contribution in [0.2, 0.25) is 6.32 Å². The SMILES string of the molecule is [B]CCCCCN1C(=O)c2ccccc2C1=O. The van der Waals surface area contributed by atoms with Crippen LogP contribution in [0.15, 0.2) is 24.3 Å². The summed E-state index contributed by atoms with van der Waals surface area (Å²) < 4.78 is 0. The van der Waals surface area contributed by atoms with Gasteiger partial charge in [0, 0.05) is 6.54 Å². The Labute approximate surface area is 102 Å². The molecule has 0 unspecified atom stereocenters. The molecule has 1 aliphatic rings. The number of fused-ring (bicyclic) bond motifs is 1. The molecule has 1 aromatic carbocycles. The monoisotopic (exact) mass is 227 g/mol. The molecule has 0 aliphatic carbocycles. The third-order valence-electron chi connectivity index (χ3n) is 2.96. The van der Waals surface area contributed by atoms with Crippen molar-refractivity contribution in [2.24, 2.45) is 0 Å². The summed E-state index contributed by atoms with van der Waals surface area (Å²) in [5.74, 6) is -0.336. The lowest BCUT2D eigenvalue weighted by Gasteiger charge is -2.13. The number of hydrogen-bond acceptors (Lipinski definition) is 2. The highest BCUT2D eigenvalue weighted by Gasteiger charge is 2.34. The molecule has 1 heterocycles. The summed E-state index contributed by atoms with van der Waals surface area (Å²) in [7, 11) is 5.40. The van der Waals surface area contributed by atoms with E-state index in [4.69, 9.17) is 7.85 Å². The van der Waals surface area contributed by atoms with Gasteiger partial charge in [-0.1, -0.05) is 31.3 Å². The minimum Gasteiger partial charge on any atom is -0.274 e. The molecule has 0 fully saturated rings. The van der Waals surface area contributed by atoms with Gasteiger partial charge in [0.1, 0.15) is 0 Å². The van der Waals surface area contributed by atoms with E-state index in [9.17, 15) is 9.59 Å². The first-order valence-corrected chi connectivity index (χ1v) is 5.91. The maximum absolute atomic E-state index is 12.0. The molecule has 0 saturated heterocycles. The van der Waals surface area contributed by atoms with Gasteiger partial charge < -0.3 is 0 Å². The number of nitrogens with zero attached hydrogens (tertiary/aromatic N) is 1. The van der Waals surface area contributed by atoms with Crippen molar-refractivity contribution in [3.63, 3.8) is 0 Å². The van der Waals surface area contributed by atoms with Crippen molar-refractivity contribution < 1.29 is 9.59 Å². The van der Waals surface area contributed by atoms with Gasteiger partial charge in [0.2, 0.25) is 0 Å². The van der Waals surface area contributed by atoms with E-state index in [1.807, 2.05) is 0 Å². The average molecular weight is 227 g/mol. The molecule has 1 aliphatic heterocycles. The summed E-state index contributed by atoms with van der Waals surface area (Å²) in [6.07, 6.45) is 3.36. The molecule has 2 amide bonds. The van der Waals surface area contributed by atoms with E-state index in [0.29, 0.717) is 24.0 Å². The summed E-state index contributed by atoms with van der Waals surface area (Å²) in [4.78, 5) is 25.2. The fraction of sp³-hybridized carbons (Fsp3) is 0.385. The standard InChI is InChI=1S/C13H14BNO2/c14-8-4-1-5-9-15-12(16)10-6-2-3-7-11(10)13(15)17/h2-3,6-7H,1,4-5,8-9H2. The zero-order valence-electron chi connectivity index (χ0n) is 9.69. The molecule has 2 rings (SSSR count). The van der Waals surface area contributed by atoms with Crippen molar-refractivity contribution >= 4 is 19.7 Å². The fourth-order valence-electron chi connectivity index (χ4n) is 2.03. The highest BCUT2D eigenvalue weighted by molar-refractivity contribution is 6.21. The normalized spacial score (nSPS) is 14.2. The maximum atomic E-state index is 12.0. The second-order valence-corrected chi connectivity index (χ2v) is 4.16. The van der Waals surface area contributed by atoms with Crippen LogP contribution in [0.4, 0.5) is 0 Å². The van der Waals surface area contributed by atoms with Gasteiger partial charge in [0.05, 0.1) is 19.0 Å². The Morgan fingerprint density at radius 2 is 1.53 bits per heavy atom. The predicted octanol–water partition coefficient (Wildman–Crippen LogP) is 2.04. The van der Waals surface area contributed by atoms with Gasteiger partial charge in [0.15, 0.2) is 0 Å². The molecule has 0 bridgehead atoms. The van der Waals surface area contributed by atoms with Crippen LogP contribution in [0, 0.1) is 0 Å². The van der Waals surface area contributed by atoms with Gasteiger partial charge in [-0.2, -0.15) is 0 Å². The minimum atomic E-state index is -0.168. The third-order valence-corrected chi connectivity index (χ3v) is 2.96. The molecule has 3 nitrogen and oxygen atoms in total. The van der Waals surface area contributed by atoms with Crippen LogP contribution in [0.1, 0.15) is 40.0 Å². The molecule has 17 heavy (non-hydrogen) atoms. The summed E-state index contributed by atoms with van der Waals surface area (Å²) in [5.41, 5.74) is 1.05. The van der Waals surface area contributed by atoms with Gasteiger partial charge in [-0.05, 0) is 18.6 Å². The van der Waals surface area contributed by atoms with E-state index >= 15 is 0 Å². The summed E-state index contributed by atoms with van der Waals surface area (Å²) in [6.45, 7) is 0.492. The maximum Gasteiger partial charge on any atom is 0.261 e. The quantitative estimate of drug-likeness (QED) is 0.438. The molecular formula is C13H14BNO2. The van der Waals surface area contributed by atoms with Gasteiger partial charge >= 0.3 is 0 Å². The third kappa shape index (κ3) is 2.26. The van der Waals surface area contributed by atoms with Gasteiger partial charge in [-0.25, -0.2) is 0 Å². The Morgan fingerprint density at radius 3 is 2.06 bits per heavy atom. The first-order chi connectivity index (χ1) is 8.25. The van der Waals surface area contributed by atoms with Gasteiger partial charge in [-0.3, -0.25) is 14.5 Å². The number of carbonyl (C=O) groups excluding carboxylic acids is 2. The van der Waals surface area contributed by atoms with Crippen molar-refractivity contribution in [1.29, 1.82) is 0 Å². The average Bonchev–Trinajstić information content (AvgIpc) is 2.60. The Balaban J connectivity index is 2.03. The summed E-state index contributed by atoms with van der Waals surface area (Å²) >= 11 is 0. The molecular weight excluding hydrogens is 213 g/mol. The van der Waals surface area contributed by atoms with Crippen molar-refractivity contribution in [3.05, 3.63) is 35.4 Å². The Bertz CT molecular complexity index is 410. The molecule has 4 heteroatoms. The summed E-state index contributed by atoms with van der Waals surface area (Å²) in [6, 6.07) is 6.97. The smallest absolute Gasteiger partial charge is 0.261 e. The Morgan fingerprint density at radius 1 is 0.941 bits per heavy atom. The minimum absolute atomic E-state index is 0.168. The number of benzene rings is 1. The zero-order chi connectivity index (χ0) is 12.3. The van der Waals surface area contributed by atoms with E-state index in [1.165, 1.54) is 4.90 Å². The number of amides is 2. The lowest BCUT2D eigenvalue weighted by atomic mass is 9.99. The molecule has 2 radical (unpaired) electrons. The molecule has 86 valence electrons. The van der Waals surface area contributed by atoms with Crippen LogP contribution in [-0.4, -0.2) is 31.1 Å². The van der Waals surface area contributed by atoms with Crippen LogP contribution in [0.5, 0.6) is 0 Å². The number of carbonyl (C=O) groups is 2. The topological polar surface area (TPSA) is 37.4 Å². The molecule has 0 aromatic heterocycles. The Hall–Kier alpha value is -1.58. The predicted molar refractivity (Wildman–Crippen MR) is 66.2 cm³/mol. The number of hydrogen-bond donors (Lipinski definition) is 0. The lowest BCUT2D eigenvalue weighted by molar-refractivity contribution is 0.0651. The van der Waals surface area contributed by atoms with E-state index in [-0.39, 0.29) is 11.8 Å². The van der Waals surface area contributed by atoms with Gasteiger partial charge in [-0.15, -0.1) is 0 Å². The van der Waals surface area contributed by atoms with E-state index in [1.54, 1.807) is 24.3 Å². The van der Waals surface area contributed by atoms with Crippen LogP contribution in [0.3, 0.4) is 0 Å². The molecule has 0 atom stereocenters. The number of imide groups is 1. The molecule has 0 saturated carbocycles. The second kappa shape index (κ2) is 5.17. The summed E-state index contributed by atoms with van der Waals surface area (Å²) in [5, 5.41) is 0. The molecule has 0 spiro atoms.